The Morgan fingerprint density at radius 3 is 2.89 bits per heavy atom. The number of aliphatic hydroxyl groups excluding tert-OH is 1. The lowest BCUT2D eigenvalue weighted by Gasteiger charge is -2.20. The molecular weight excluding hydrogens is 136 g/mol. The predicted octanol–water partition coefficient (Wildman–Crippen LogP) is 1.69. The Kier molecular flexibility index (Phi) is 2.14. The van der Waals surface area contributed by atoms with E-state index in [9.17, 15) is 0 Å². The van der Waals surface area contributed by atoms with E-state index in [2.05, 4.69) is 0 Å². The second-order valence-electron chi connectivity index (χ2n) is 2.57. The van der Waals surface area contributed by atoms with Gasteiger partial charge in [-0.3, -0.25) is 0 Å². The molecule has 0 radical (unpaired) electrons. The lowest BCUT2D eigenvalue weighted by atomic mass is 9.98. The second kappa shape index (κ2) is 2.72. The molecule has 0 saturated carbocycles. The van der Waals surface area contributed by atoms with E-state index in [0.717, 1.165) is 12.8 Å². The first-order chi connectivity index (χ1) is 4.20. The van der Waals surface area contributed by atoms with Gasteiger partial charge in [-0.15, -0.1) is 11.6 Å². The average molecular weight is 147 g/mol. The Hall–Kier alpha value is -0.0100. The van der Waals surface area contributed by atoms with Gasteiger partial charge >= 0.3 is 0 Å². The Bertz CT molecular complexity index is 131. The van der Waals surface area contributed by atoms with E-state index in [-0.39, 0.29) is 11.5 Å². The van der Waals surface area contributed by atoms with Gasteiger partial charge in [-0.2, -0.15) is 0 Å². The molecule has 1 rings (SSSR count). The van der Waals surface area contributed by atoms with E-state index in [1.165, 1.54) is 5.57 Å². The van der Waals surface area contributed by atoms with Gasteiger partial charge in [0.2, 0.25) is 0 Å². The van der Waals surface area contributed by atoms with Crippen molar-refractivity contribution in [3.05, 3.63) is 11.6 Å². The zero-order chi connectivity index (χ0) is 6.85. The first-order valence-electron chi connectivity index (χ1n) is 3.18. The zero-order valence-electron chi connectivity index (χ0n) is 5.47. The Morgan fingerprint density at radius 1 is 1.78 bits per heavy atom. The van der Waals surface area contributed by atoms with Gasteiger partial charge in [0.05, 0.1) is 11.5 Å². The molecule has 0 aromatic rings. The SMILES string of the molecule is CC1=CCC(O)C(Cl)C1. The van der Waals surface area contributed by atoms with Crippen LogP contribution in [0.5, 0.6) is 0 Å². The topological polar surface area (TPSA) is 20.2 Å². The summed E-state index contributed by atoms with van der Waals surface area (Å²) in [6.07, 6.45) is 3.28. The molecule has 0 fully saturated rings. The predicted molar refractivity (Wildman–Crippen MR) is 38.6 cm³/mol. The van der Waals surface area contributed by atoms with Crippen LogP contribution >= 0.6 is 11.6 Å². The third-order valence-corrected chi connectivity index (χ3v) is 2.09. The monoisotopic (exact) mass is 146 g/mol. The number of alkyl halides is 1. The largest absolute Gasteiger partial charge is 0.391 e. The highest BCUT2D eigenvalue weighted by molar-refractivity contribution is 6.21. The fourth-order valence-corrected chi connectivity index (χ4v) is 1.34. The summed E-state index contributed by atoms with van der Waals surface area (Å²) < 4.78 is 0. The summed E-state index contributed by atoms with van der Waals surface area (Å²) in [5, 5.41) is 9.06. The van der Waals surface area contributed by atoms with Crippen molar-refractivity contribution in [2.75, 3.05) is 0 Å². The minimum Gasteiger partial charge on any atom is -0.391 e. The fraction of sp³-hybridized carbons (Fsp3) is 0.714. The van der Waals surface area contributed by atoms with Crippen LogP contribution in [-0.4, -0.2) is 16.6 Å². The van der Waals surface area contributed by atoms with Crippen LogP contribution in [0.1, 0.15) is 19.8 Å². The molecule has 0 bridgehead atoms. The maximum absolute atomic E-state index is 9.12. The highest BCUT2D eigenvalue weighted by Crippen LogP contribution is 2.22. The van der Waals surface area contributed by atoms with Gasteiger partial charge in [0.1, 0.15) is 0 Å². The average Bonchev–Trinajstić information content (AvgIpc) is 1.80. The van der Waals surface area contributed by atoms with Crippen LogP contribution < -0.4 is 0 Å². The quantitative estimate of drug-likeness (QED) is 0.408. The molecule has 1 aliphatic rings. The molecule has 0 saturated heterocycles. The molecule has 0 aromatic carbocycles. The lowest BCUT2D eigenvalue weighted by molar-refractivity contribution is 0.166. The molecule has 0 heterocycles. The zero-order valence-corrected chi connectivity index (χ0v) is 6.23. The summed E-state index contributed by atoms with van der Waals surface area (Å²) in [6, 6.07) is 0. The van der Waals surface area contributed by atoms with Gasteiger partial charge in [0.25, 0.3) is 0 Å². The van der Waals surface area contributed by atoms with Crippen molar-refractivity contribution < 1.29 is 5.11 Å². The summed E-state index contributed by atoms with van der Waals surface area (Å²) in [4.78, 5) is 0. The smallest absolute Gasteiger partial charge is 0.0741 e. The lowest BCUT2D eigenvalue weighted by Crippen LogP contribution is -2.23. The van der Waals surface area contributed by atoms with Crippen LogP contribution in [0.15, 0.2) is 11.6 Å². The third kappa shape index (κ3) is 1.70. The Balaban J connectivity index is 2.54. The summed E-state index contributed by atoms with van der Waals surface area (Å²) in [5.74, 6) is 0. The van der Waals surface area contributed by atoms with E-state index < -0.39 is 0 Å². The Labute approximate surface area is 60.3 Å². The number of allylic oxidation sites excluding steroid dienone is 1. The maximum Gasteiger partial charge on any atom is 0.0741 e. The molecule has 0 amide bonds. The van der Waals surface area contributed by atoms with E-state index in [4.69, 9.17) is 16.7 Å². The van der Waals surface area contributed by atoms with Gasteiger partial charge in [0.15, 0.2) is 0 Å². The minimum atomic E-state index is -0.324. The maximum atomic E-state index is 9.12. The van der Waals surface area contributed by atoms with E-state index in [1.54, 1.807) is 0 Å². The van der Waals surface area contributed by atoms with Crippen molar-refractivity contribution in [3.8, 4) is 0 Å². The summed E-state index contributed by atoms with van der Waals surface area (Å²) in [7, 11) is 0. The molecule has 52 valence electrons. The first kappa shape index (κ1) is 7.10. The second-order valence-corrected chi connectivity index (χ2v) is 3.13. The molecule has 2 atom stereocenters. The van der Waals surface area contributed by atoms with Crippen molar-refractivity contribution in [2.45, 2.75) is 31.2 Å². The van der Waals surface area contributed by atoms with Crippen LogP contribution in [0.3, 0.4) is 0 Å². The van der Waals surface area contributed by atoms with Gasteiger partial charge in [-0.25, -0.2) is 0 Å². The first-order valence-corrected chi connectivity index (χ1v) is 3.61. The third-order valence-electron chi connectivity index (χ3n) is 1.64. The summed E-state index contributed by atoms with van der Waals surface area (Å²) in [5.41, 5.74) is 1.29. The standard InChI is InChI=1S/C7H11ClO/c1-5-2-3-7(9)6(8)4-5/h2,6-7,9H,3-4H2,1H3. The highest BCUT2D eigenvalue weighted by Gasteiger charge is 2.19. The molecule has 0 aliphatic heterocycles. The van der Waals surface area contributed by atoms with Crippen LogP contribution in [0, 0.1) is 0 Å². The molecule has 2 heteroatoms. The summed E-state index contributed by atoms with van der Waals surface area (Å²) >= 11 is 5.77. The molecular formula is C7H11ClO. The minimum absolute atomic E-state index is 0.0602. The van der Waals surface area contributed by atoms with Gasteiger partial charge in [-0.05, 0) is 19.8 Å². The van der Waals surface area contributed by atoms with Gasteiger partial charge < -0.3 is 5.11 Å². The van der Waals surface area contributed by atoms with E-state index >= 15 is 0 Å². The van der Waals surface area contributed by atoms with Crippen molar-refractivity contribution in [2.24, 2.45) is 0 Å². The van der Waals surface area contributed by atoms with Crippen LogP contribution in [0.4, 0.5) is 0 Å². The number of rotatable bonds is 0. The van der Waals surface area contributed by atoms with E-state index in [1.807, 2.05) is 13.0 Å². The van der Waals surface area contributed by atoms with E-state index in [0.29, 0.717) is 0 Å². The highest BCUT2D eigenvalue weighted by atomic mass is 35.5. The van der Waals surface area contributed by atoms with Crippen molar-refractivity contribution in [1.29, 1.82) is 0 Å². The molecule has 0 spiro atoms. The van der Waals surface area contributed by atoms with Gasteiger partial charge in [-0.1, -0.05) is 11.6 Å². The van der Waals surface area contributed by atoms with Crippen LogP contribution in [0.25, 0.3) is 0 Å². The molecule has 2 unspecified atom stereocenters. The molecule has 0 aromatic heterocycles. The van der Waals surface area contributed by atoms with Crippen LogP contribution in [0.2, 0.25) is 0 Å². The van der Waals surface area contributed by atoms with Crippen molar-refractivity contribution in [1.82, 2.24) is 0 Å². The van der Waals surface area contributed by atoms with Crippen LogP contribution in [-0.2, 0) is 0 Å². The number of aliphatic hydroxyl groups is 1. The number of hydrogen-bond acceptors (Lipinski definition) is 1. The normalized spacial score (nSPS) is 36.1. The number of halogens is 1. The van der Waals surface area contributed by atoms with Gasteiger partial charge in [0, 0.05) is 0 Å². The summed E-state index contributed by atoms with van der Waals surface area (Å²) in [6.45, 7) is 2.04. The molecule has 1 aliphatic carbocycles. The number of hydrogen-bond donors (Lipinski definition) is 1. The van der Waals surface area contributed by atoms with Crippen molar-refractivity contribution in [3.63, 3.8) is 0 Å². The fourth-order valence-electron chi connectivity index (χ4n) is 0.997. The van der Waals surface area contributed by atoms with Crippen molar-refractivity contribution >= 4 is 11.6 Å². The molecule has 1 N–H and O–H groups in total. The molecule has 1 nitrogen and oxygen atoms in total. The molecule has 9 heavy (non-hydrogen) atoms. The Morgan fingerprint density at radius 2 is 2.44 bits per heavy atom.